The Morgan fingerprint density at radius 3 is 2.24 bits per heavy atom. The van der Waals surface area contributed by atoms with Crippen molar-refractivity contribution in [1.29, 1.82) is 0 Å². The molecule has 34 heavy (non-hydrogen) atoms. The van der Waals surface area contributed by atoms with E-state index in [0.29, 0.717) is 6.54 Å². The molecule has 3 rings (SSSR count). The number of aromatic amines is 3. The third-order valence-corrected chi connectivity index (χ3v) is 6.19. The fourth-order valence-electron chi connectivity index (χ4n) is 4.39. The summed E-state index contributed by atoms with van der Waals surface area (Å²) in [5.41, 5.74) is 1.10. The van der Waals surface area contributed by atoms with E-state index in [1.54, 1.807) is 12.4 Å². The molecule has 3 heterocycles. The highest BCUT2D eigenvalue weighted by molar-refractivity contribution is 5.04. The molecule has 3 aromatic rings. The summed E-state index contributed by atoms with van der Waals surface area (Å²) in [5.74, 6) is 2.90. The van der Waals surface area contributed by atoms with Crippen LogP contribution in [0.4, 0.5) is 0 Å². The van der Waals surface area contributed by atoms with Gasteiger partial charge in [0, 0.05) is 43.2 Å². The number of rotatable bonds is 17. The quantitative estimate of drug-likeness (QED) is 0.259. The maximum absolute atomic E-state index is 4.65. The van der Waals surface area contributed by atoms with E-state index in [4.69, 9.17) is 0 Å². The molecule has 188 valence electrons. The summed E-state index contributed by atoms with van der Waals surface area (Å²) in [6, 6.07) is 0.120. The molecule has 0 radical (unpaired) electrons. The minimum atomic E-state index is 0.120. The van der Waals surface area contributed by atoms with E-state index in [1.165, 1.54) is 45.3 Å². The van der Waals surface area contributed by atoms with Gasteiger partial charge in [0.1, 0.15) is 17.5 Å². The third-order valence-electron chi connectivity index (χ3n) is 6.19. The first-order valence-corrected chi connectivity index (χ1v) is 12.7. The average molecular weight is 470 g/mol. The van der Waals surface area contributed by atoms with E-state index in [9.17, 15) is 0 Å². The van der Waals surface area contributed by atoms with Crippen molar-refractivity contribution in [1.82, 2.24) is 44.6 Å². The predicted molar refractivity (Wildman–Crippen MR) is 136 cm³/mol. The van der Waals surface area contributed by atoms with Gasteiger partial charge in [-0.1, -0.05) is 13.8 Å². The highest BCUT2D eigenvalue weighted by Crippen LogP contribution is 2.21. The van der Waals surface area contributed by atoms with Gasteiger partial charge in [0.05, 0.1) is 19.1 Å². The fourth-order valence-corrected chi connectivity index (χ4v) is 4.39. The zero-order valence-corrected chi connectivity index (χ0v) is 21.4. The van der Waals surface area contributed by atoms with Crippen molar-refractivity contribution in [2.75, 3.05) is 33.2 Å². The second-order valence-electron chi connectivity index (χ2n) is 9.23. The van der Waals surface area contributed by atoms with E-state index in [2.05, 4.69) is 72.4 Å². The maximum atomic E-state index is 4.65. The molecule has 1 atom stereocenters. The summed E-state index contributed by atoms with van der Waals surface area (Å²) in [6.07, 6.45) is 14.2. The Balaban J connectivity index is 1.48. The lowest BCUT2D eigenvalue weighted by atomic mass is 10.2. The molecule has 0 saturated heterocycles. The summed E-state index contributed by atoms with van der Waals surface area (Å²) in [4.78, 5) is 30.8. The van der Waals surface area contributed by atoms with Crippen molar-refractivity contribution in [2.45, 2.75) is 72.1 Å². The minimum Gasteiger partial charge on any atom is -0.348 e. The molecule has 0 aliphatic carbocycles. The van der Waals surface area contributed by atoms with Crippen LogP contribution in [0.15, 0.2) is 31.0 Å². The van der Waals surface area contributed by atoms with Crippen LogP contribution in [0.25, 0.3) is 0 Å². The van der Waals surface area contributed by atoms with Crippen LogP contribution in [0.3, 0.4) is 0 Å². The molecule has 0 aromatic carbocycles. The van der Waals surface area contributed by atoms with Crippen LogP contribution >= 0.6 is 0 Å². The van der Waals surface area contributed by atoms with E-state index in [1.807, 2.05) is 18.6 Å². The second-order valence-corrected chi connectivity index (χ2v) is 9.23. The van der Waals surface area contributed by atoms with Crippen molar-refractivity contribution in [2.24, 2.45) is 0 Å². The summed E-state index contributed by atoms with van der Waals surface area (Å²) in [7, 11) is 2.18. The van der Waals surface area contributed by atoms with Crippen LogP contribution in [0.5, 0.6) is 0 Å². The SMILES string of the molecule is CCCN(CCC)CCCCN(C)Cc1ncc(CN(Cc2ncc[nH]2)C(C)c2ncc[nH]2)[nH]1. The molecule has 0 aliphatic heterocycles. The molecule has 0 saturated carbocycles. The van der Waals surface area contributed by atoms with Gasteiger partial charge in [-0.15, -0.1) is 0 Å². The van der Waals surface area contributed by atoms with Crippen LogP contribution in [0, 0.1) is 0 Å². The van der Waals surface area contributed by atoms with Crippen molar-refractivity contribution in [3.63, 3.8) is 0 Å². The summed E-state index contributed by atoms with van der Waals surface area (Å²) in [5, 5.41) is 0. The second kappa shape index (κ2) is 14.0. The fraction of sp³-hybridized carbons (Fsp3) is 0.640. The minimum absolute atomic E-state index is 0.120. The molecule has 0 amide bonds. The number of H-pyrrole nitrogens is 3. The normalized spacial score (nSPS) is 12.9. The van der Waals surface area contributed by atoms with E-state index >= 15 is 0 Å². The zero-order chi connectivity index (χ0) is 24.2. The first-order chi connectivity index (χ1) is 16.6. The molecule has 1 unspecified atom stereocenters. The Morgan fingerprint density at radius 2 is 1.56 bits per heavy atom. The van der Waals surface area contributed by atoms with Crippen molar-refractivity contribution in [3.05, 3.63) is 54.2 Å². The highest BCUT2D eigenvalue weighted by atomic mass is 15.2. The number of imidazole rings is 3. The van der Waals surface area contributed by atoms with Gasteiger partial charge in [0.25, 0.3) is 0 Å². The van der Waals surface area contributed by atoms with Gasteiger partial charge in [-0.05, 0) is 65.8 Å². The molecular weight excluding hydrogens is 426 g/mol. The van der Waals surface area contributed by atoms with Gasteiger partial charge in [-0.3, -0.25) is 9.80 Å². The molecule has 0 fully saturated rings. The zero-order valence-electron chi connectivity index (χ0n) is 21.4. The Kier molecular flexibility index (Phi) is 10.8. The van der Waals surface area contributed by atoms with Crippen molar-refractivity contribution < 1.29 is 0 Å². The number of nitrogens with zero attached hydrogens (tertiary/aromatic N) is 6. The van der Waals surface area contributed by atoms with Gasteiger partial charge in [-0.2, -0.15) is 0 Å². The Morgan fingerprint density at radius 1 is 0.824 bits per heavy atom. The van der Waals surface area contributed by atoms with Gasteiger partial charge in [-0.25, -0.2) is 15.0 Å². The monoisotopic (exact) mass is 469 g/mol. The number of aromatic nitrogens is 6. The third kappa shape index (κ3) is 8.38. The molecule has 0 aliphatic rings. The molecule has 9 nitrogen and oxygen atoms in total. The smallest absolute Gasteiger partial charge is 0.123 e. The number of unbranched alkanes of at least 4 members (excludes halogenated alkanes) is 1. The summed E-state index contributed by atoms with van der Waals surface area (Å²) in [6.45, 7) is 13.7. The van der Waals surface area contributed by atoms with Crippen LogP contribution in [0.1, 0.15) is 75.7 Å². The molecule has 3 aromatic heterocycles. The highest BCUT2D eigenvalue weighted by Gasteiger charge is 2.20. The van der Waals surface area contributed by atoms with Gasteiger partial charge < -0.3 is 19.9 Å². The molecule has 0 spiro atoms. The van der Waals surface area contributed by atoms with Crippen LogP contribution in [0.2, 0.25) is 0 Å². The first kappa shape index (κ1) is 26.1. The number of nitrogens with one attached hydrogen (secondary N) is 3. The van der Waals surface area contributed by atoms with E-state index in [0.717, 1.165) is 42.8 Å². The Bertz CT molecular complexity index is 882. The Labute approximate surface area is 204 Å². The van der Waals surface area contributed by atoms with Crippen LogP contribution in [-0.4, -0.2) is 77.8 Å². The lowest BCUT2D eigenvalue weighted by Crippen LogP contribution is -2.28. The predicted octanol–water partition coefficient (Wildman–Crippen LogP) is 3.95. The Hall–Kier alpha value is -2.49. The van der Waals surface area contributed by atoms with Crippen molar-refractivity contribution in [3.8, 4) is 0 Å². The molecule has 3 N–H and O–H groups in total. The number of hydrogen-bond donors (Lipinski definition) is 3. The lowest BCUT2D eigenvalue weighted by Gasteiger charge is -2.26. The summed E-state index contributed by atoms with van der Waals surface area (Å²) < 4.78 is 0. The molecule has 9 heteroatoms. The van der Waals surface area contributed by atoms with Gasteiger partial charge in [0.15, 0.2) is 0 Å². The molecular formula is C25H43N9. The van der Waals surface area contributed by atoms with Gasteiger partial charge >= 0.3 is 0 Å². The first-order valence-electron chi connectivity index (χ1n) is 12.7. The number of hydrogen-bond acceptors (Lipinski definition) is 6. The average Bonchev–Trinajstić information content (AvgIpc) is 3.60. The topological polar surface area (TPSA) is 95.8 Å². The van der Waals surface area contributed by atoms with Gasteiger partial charge in [0.2, 0.25) is 0 Å². The van der Waals surface area contributed by atoms with E-state index < -0.39 is 0 Å². The van der Waals surface area contributed by atoms with Crippen molar-refractivity contribution >= 4 is 0 Å². The lowest BCUT2D eigenvalue weighted by molar-refractivity contribution is 0.179. The molecule has 0 bridgehead atoms. The standard InChI is InChI=1S/C25H43N9/c1-5-13-33(14-6-2)16-8-7-15-32(4)19-24-30-17-22(31-24)18-34(20-23-26-9-10-27-23)21(3)25-28-11-12-29-25/h9-12,17,21H,5-8,13-16,18-20H2,1-4H3,(H,26,27)(H,28,29)(H,30,31). The van der Waals surface area contributed by atoms with Crippen LogP contribution < -0.4 is 0 Å². The van der Waals surface area contributed by atoms with E-state index in [-0.39, 0.29) is 6.04 Å². The summed E-state index contributed by atoms with van der Waals surface area (Å²) >= 11 is 0. The largest absolute Gasteiger partial charge is 0.348 e. The maximum Gasteiger partial charge on any atom is 0.123 e. The van der Waals surface area contributed by atoms with Crippen LogP contribution in [-0.2, 0) is 19.6 Å².